The van der Waals surface area contributed by atoms with E-state index in [9.17, 15) is 4.79 Å². The lowest BCUT2D eigenvalue weighted by atomic mass is 9.71. The monoisotopic (exact) mass is 481 g/mol. The molecule has 2 aromatic rings. The number of nitrogens with zero attached hydrogens (tertiary/aromatic N) is 2. The van der Waals surface area contributed by atoms with Gasteiger partial charge in [-0.2, -0.15) is 0 Å². The van der Waals surface area contributed by atoms with E-state index in [0.29, 0.717) is 5.82 Å². The number of nitrogens with one attached hydrogen (secondary N) is 2. The first-order chi connectivity index (χ1) is 16.5. The van der Waals surface area contributed by atoms with E-state index >= 15 is 0 Å². The standard InChI is InChI=1S/C27H39N5O3/c1-7-29-22-19-14-27(5,6)21-23(30-15-31-24(21)28)18(19)12-13-20(22)34-17-10-8-16(9-11-17)32-25(33)35-26(2,3)4/h12-13,15-17,29H,7-11,14H2,1-6H3,(H,32,33)(H2,28,30,31). The molecule has 2 aliphatic carbocycles. The number of hydrogen-bond donors (Lipinski definition) is 3. The van der Waals surface area contributed by atoms with Gasteiger partial charge in [0, 0.05) is 23.7 Å². The van der Waals surface area contributed by atoms with E-state index < -0.39 is 5.60 Å². The van der Waals surface area contributed by atoms with E-state index in [0.717, 1.165) is 66.9 Å². The second-order valence-electron chi connectivity index (χ2n) is 11.3. The summed E-state index contributed by atoms with van der Waals surface area (Å²) in [6.45, 7) is 12.9. The lowest BCUT2D eigenvalue weighted by Crippen LogP contribution is -2.42. The number of rotatable bonds is 5. The highest BCUT2D eigenvalue weighted by molar-refractivity contribution is 5.82. The third kappa shape index (κ3) is 5.46. The number of carbonyl (C=O) groups excluding carboxylic acids is 1. The lowest BCUT2D eigenvalue weighted by molar-refractivity contribution is 0.0471. The molecule has 1 saturated carbocycles. The van der Waals surface area contributed by atoms with Crippen LogP contribution < -0.4 is 21.1 Å². The van der Waals surface area contributed by atoms with Crippen LogP contribution in [-0.2, 0) is 16.6 Å². The highest BCUT2D eigenvalue weighted by Crippen LogP contribution is 2.48. The lowest BCUT2D eigenvalue weighted by Gasteiger charge is -2.36. The number of amides is 1. The summed E-state index contributed by atoms with van der Waals surface area (Å²) in [5, 5.41) is 6.56. The fourth-order valence-electron chi connectivity index (χ4n) is 5.28. The van der Waals surface area contributed by atoms with Gasteiger partial charge in [0.15, 0.2) is 0 Å². The van der Waals surface area contributed by atoms with Crippen molar-refractivity contribution in [1.82, 2.24) is 15.3 Å². The van der Waals surface area contributed by atoms with Gasteiger partial charge in [0.25, 0.3) is 0 Å². The van der Waals surface area contributed by atoms with Gasteiger partial charge in [-0.3, -0.25) is 0 Å². The van der Waals surface area contributed by atoms with Crippen LogP contribution in [0.5, 0.6) is 5.75 Å². The fraction of sp³-hybridized carbons (Fsp3) is 0.593. The van der Waals surface area contributed by atoms with Gasteiger partial charge in [-0.15, -0.1) is 0 Å². The number of fused-ring (bicyclic) bond motifs is 3. The number of aromatic nitrogens is 2. The number of nitrogens with two attached hydrogens (primary N) is 1. The molecule has 8 nitrogen and oxygen atoms in total. The van der Waals surface area contributed by atoms with Crippen molar-refractivity contribution in [3.05, 3.63) is 29.6 Å². The van der Waals surface area contributed by atoms with Gasteiger partial charge in [-0.25, -0.2) is 14.8 Å². The molecule has 0 spiro atoms. The third-order valence-corrected chi connectivity index (χ3v) is 6.74. The average Bonchev–Trinajstić information content (AvgIpc) is 2.75. The number of benzene rings is 1. The van der Waals surface area contributed by atoms with Gasteiger partial charge in [0.2, 0.25) is 0 Å². The van der Waals surface area contributed by atoms with Crippen LogP contribution in [0, 0.1) is 0 Å². The summed E-state index contributed by atoms with van der Waals surface area (Å²) >= 11 is 0. The molecule has 4 rings (SSSR count). The summed E-state index contributed by atoms with van der Waals surface area (Å²) in [5.41, 5.74) is 10.8. The normalized spacial score (nSPS) is 20.9. The maximum atomic E-state index is 12.1. The van der Waals surface area contributed by atoms with Crippen LogP contribution in [0.1, 0.15) is 78.4 Å². The minimum atomic E-state index is -0.494. The Balaban J connectivity index is 1.51. The SMILES string of the molecule is CCNc1c(OC2CCC(NC(=O)OC(C)(C)C)CC2)ccc2c1CC(C)(C)c1c(N)ncnc1-2. The molecule has 190 valence electrons. The van der Waals surface area contributed by atoms with Crippen molar-refractivity contribution in [3.63, 3.8) is 0 Å². The molecule has 0 bridgehead atoms. The van der Waals surface area contributed by atoms with Crippen LogP contribution in [0.4, 0.5) is 16.3 Å². The molecule has 0 radical (unpaired) electrons. The fourth-order valence-corrected chi connectivity index (χ4v) is 5.28. The van der Waals surface area contributed by atoms with Crippen LogP contribution in [0.2, 0.25) is 0 Å². The van der Waals surface area contributed by atoms with E-state index in [1.807, 2.05) is 26.8 Å². The number of hydrogen-bond acceptors (Lipinski definition) is 7. The number of nitrogen functional groups attached to an aromatic ring is 1. The minimum absolute atomic E-state index is 0.101. The molecular formula is C27H39N5O3. The topological polar surface area (TPSA) is 111 Å². The second kappa shape index (κ2) is 9.55. The highest BCUT2D eigenvalue weighted by Gasteiger charge is 2.37. The molecule has 8 heteroatoms. The molecule has 2 aliphatic rings. The van der Waals surface area contributed by atoms with Gasteiger partial charge in [0.05, 0.1) is 17.5 Å². The van der Waals surface area contributed by atoms with E-state index in [1.165, 1.54) is 5.56 Å². The third-order valence-electron chi connectivity index (χ3n) is 6.74. The van der Waals surface area contributed by atoms with E-state index in [-0.39, 0.29) is 23.7 Å². The van der Waals surface area contributed by atoms with Crippen molar-refractivity contribution in [2.24, 2.45) is 0 Å². The van der Waals surface area contributed by atoms with Crippen molar-refractivity contribution in [2.75, 3.05) is 17.6 Å². The Morgan fingerprint density at radius 1 is 1.17 bits per heavy atom. The second-order valence-corrected chi connectivity index (χ2v) is 11.3. The van der Waals surface area contributed by atoms with Crippen LogP contribution in [0.3, 0.4) is 0 Å². The predicted molar refractivity (Wildman–Crippen MR) is 139 cm³/mol. The molecule has 1 heterocycles. The molecule has 0 saturated heterocycles. The first-order valence-electron chi connectivity index (χ1n) is 12.7. The van der Waals surface area contributed by atoms with Crippen molar-refractivity contribution >= 4 is 17.6 Å². The maximum Gasteiger partial charge on any atom is 0.407 e. The van der Waals surface area contributed by atoms with Crippen LogP contribution >= 0.6 is 0 Å². The first kappa shape index (κ1) is 25.1. The summed E-state index contributed by atoms with van der Waals surface area (Å²) in [6, 6.07) is 4.26. The summed E-state index contributed by atoms with van der Waals surface area (Å²) < 4.78 is 12.0. The van der Waals surface area contributed by atoms with Crippen molar-refractivity contribution < 1.29 is 14.3 Å². The Hall–Kier alpha value is -3.03. The largest absolute Gasteiger partial charge is 0.488 e. The molecule has 0 atom stereocenters. The van der Waals surface area contributed by atoms with Gasteiger partial charge in [0.1, 0.15) is 23.5 Å². The van der Waals surface area contributed by atoms with E-state index in [4.69, 9.17) is 15.2 Å². The zero-order valence-electron chi connectivity index (χ0n) is 21.8. The van der Waals surface area contributed by atoms with Crippen LogP contribution in [0.15, 0.2) is 18.5 Å². The van der Waals surface area contributed by atoms with Crippen LogP contribution in [-0.4, -0.2) is 40.4 Å². The highest BCUT2D eigenvalue weighted by atomic mass is 16.6. The molecule has 1 aromatic heterocycles. The maximum absolute atomic E-state index is 12.1. The smallest absolute Gasteiger partial charge is 0.407 e. The predicted octanol–water partition coefficient (Wildman–Crippen LogP) is 5.21. The first-order valence-corrected chi connectivity index (χ1v) is 12.7. The molecule has 35 heavy (non-hydrogen) atoms. The number of anilines is 2. The van der Waals surface area contributed by atoms with E-state index in [2.05, 4.69) is 47.4 Å². The zero-order valence-corrected chi connectivity index (χ0v) is 21.8. The zero-order chi connectivity index (χ0) is 25.4. The van der Waals surface area contributed by atoms with Crippen molar-refractivity contribution in [3.8, 4) is 17.0 Å². The Morgan fingerprint density at radius 3 is 2.54 bits per heavy atom. The van der Waals surface area contributed by atoms with Gasteiger partial charge >= 0.3 is 6.09 Å². The number of ether oxygens (including phenoxy) is 2. The summed E-state index contributed by atoms with van der Waals surface area (Å²) in [4.78, 5) is 21.0. The molecule has 1 aromatic carbocycles. The Bertz CT molecular complexity index is 1080. The Morgan fingerprint density at radius 2 is 1.89 bits per heavy atom. The molecular weight excluding hydrogens is 442 g/mol. The van der Waals surface area contributed by atoms with Crippen LogP contribution in [0.25, 0.3) is 11.3 Å². The van der Waals surface area contributed by atoms with Crippen molar-refractivity contribution in [1.29, 1.82) is 0 Å². The molecule has 1 fully saturated rings. The number of alkyl carbamates (subject to hydrolysis) is 1. The molecule has 4 N–H and O–H groups in total. The number of carbonyl (C=O) groups is 1. The Kier molecular flexibility index (Phi) is 6.84. The quantitative estimate of drug-likeness (QED) is 0.538. The van der Waals surface area contributed by atoms with E-state index in [1.54, 1.807) is 6.33 Å². The summed E-state index contributed by atoms with van der Waals surface area (Å²) in [5.74, 6) is 1.42. The van der Waals surface area contributed by atoms with Crippen molar-refractivity contribution in [2.45, 2.75) is 96.8 Å². The molecule has 1 amide bonds. The minimum Gasteiger partial charge on any atom is -0.488 e. The Labute approximate surface area is 208 Å². The molecule has 0 aliphatic heterocycles. The summed E-state index contributed by atoms with van der Waals surface area (Å²) in [7, 11) is 0. The molecule has 0 unspecified atom stereocenters. The summed E-state index contributed by atoms with van der Waals surface area (Å²) in [6.07, 6.45) is 5.59. The van der Waals surface area contributed by atoms with Gasteiger partial charge in [-0.05, 0) is 82.9 Å². The van der Waals surface area contributed by atoms with Gasteiger partial charge < -0.3 is 25.8 Å². The van der Waals surface area contributed by atoms with Gasteiger partial charge in [-0.1, -0.05) is 13.8 Å². The average molecular weight is 482 g/mol.